The normalized spacial score (nSPS) is 29.8. The van der Waals surface area contributed by atoms with E-state index in [1.54, 1.807) is 0 Å². The van der Waals surface area contributed by atoms with Gasteiger partial charge in [-0.1, -0.05) is 29.8 Å². The van der Waals surface area contributed by atoms with Gasteiger partial charge in [-0.3, -0.25) is 0 Å². The van der Waals surface area contributed by atoms with Gasteiger partial charge in [0, 0.05) is 5.88 Å². The van der Waals surface area contributed by atoms with E-state index in [1.165, 1.54) is 22.3 Å². The van der Waals surface area contributed by atoms with Gasteiger partial charge < -0.3 is 20.5 Å². The smallest absolute Gasteiger partial charge is 0.314 e. The van der Waals surface area contributed by atoms with Crippen LogP contribution in [0.25, 0.3) is 0 Å². The molecule has 152 valence electrons. The zero-order valence-corrected chi connectivity index (χ0v) is 17.0. The Morgan fingerprint density at radius 3 is 2.64 bits per heavy atom. The Balaban J connectivity index is 1.53. The first-order chi connectivity index (χ1) is 13.6. The fourth-order valence-electron chi connectivity index (χ4n) is 4.86. The number of hydrogen-bond acceptors (Lipinski definition) is 3. The largest absolute Gasteiger partial charge is 0.352 e. The molecular weight excluding hydrogens is 376 g/mol. The summed E-state index contributed by atoms with van der Waals surface area (Å²) in [5, 5.41) is 2.90. The Kier molecular flexibility index (Phi) is 5.95. The van der Waals surface area contributed by atoms with Crippen LogP contribution in [-0.2, 0) is 22.3 Å². The number of ether oxygens (including phenoxy) is 2. The summed E-state index contributed by atoms with van der Waals surface area (Å²) in [4.78, 5) is 11.7. The van der Waals surface area contributed by atoms with Crippen molar-refractivity contribution in [3.63, 3.8) is 0 Å². The van der Waals surface area contributed by atoms with Crippen molar-refractivity contribution < 1.29 is 14.3 Å². The van der Waals surface area contributed by atoms with Crippen LogP contribution in [0.2, 0.25) is 0 Å². The van der Waals surface area contributed by atoms with Crippen molar-refractivity contribution in [2.24, 2.45) is 11.7 Å². The topological polar surface area (TPSA) is 73.6 Å². The summed E-state index contributed by atoms with van der Waals surface area (Å²) in [6, 6.07) is 8.02. The maximum Gasteiger partial charge on any atom is 0.314 e. The minimum atomic E-state index is -0.758. The van der Waals surface area contributed by atoms with E-state index in [1.807, 2.05) is 0 Å². The first-order valence-corrected chi connectivity index (χ1v) is 10.8. The maximum absolute atomic E-state index is 11.7. The van der Waals surface area contributed by atoms with Crippen molar-refractivity contribution in [2.75, 3.05) is 12.5 Å². The number of rotatable bonds is 5. The number of benzene rings is 1. The molecule has 1 aromatic carbocycles. The first kappa shape index (κ1) is 19.7. The molecule has 1 heterocycles. The molecule has 1 unspecified atom stereocenters. The number of nitrogens with one attached hydrogen (secondary N) is 1. The van der Waals surface area contributed by atoms with Gasteiger partial charge in [0.2, 0.25) is 0 Å². The van der Waals surface area contributed by atoms with Crippen molar-refractivity contribution in [3.05, 3.63) is 46.5 Å². The molecule has 0 bridgehead atoms. The van der Waals surface area contributed by atoms with Crippen molar-refractivity contribution in [1.29, 1.82) is 0 Å². The van der Waals surface area contributed by atoms with Crippen molar-refractivity contribution in [1.82, 2.24) is 5.32 Å². The minimum Gasteiger partial charge on any atom is -0.352 e. The summed E-state index contributed by atoms with van der Waals surface area (Å²) in [5.41, 5.74) is 10.1. The molecule has 1 atom stereocenters. The first-order valence-electron chi connectivity index (χ1n) is 10.3. The third-order valence-electron chi connectivity index (χ3n) is 6.43. The summed E-state index contributed by atoms with van der Waals surface area (Å²) in [7, 11) is 0. The molecule has 1 saturated carbocycles. The number of urea groups is 1. The number of nitrogens with two attached hydrogens (primary N) is 1. The summed E-state index contributed by atoms with van der Waals surface area (Å²) in [6.45, 7) is 0.646. The van der Waals surface area contributed by atoms with E-state index >= 15 is 0 Å². The SMILES string of the molecule is NC(=O)NC1(OC2OCCC3=C2Cc2ccccc2C3)CCC(CCCl)CC1. The number of primary amides is 1. The summed E-state index contributed by atoms with van der Waals surface area (Å²) < 4.78 is 12.6. The Hall–Kier alpha value is -1.56. The number of hydrogen-bond donors (Lipinski definition) is 2. The van der Waals surface area contributed by atoms with E-state index in [9.17, 15) is 4.79 Å². The van der Waals surface area contributed by atoms with Crippen LogP contribution in [0.15, 0.2) is 35.4 Å². The number of halogens is 1. The Morgan fingerprint density at radius 2 is 1.96 bits per heavy atom. The van der Waals surface area contributed by atoms with Gasteiger partial charge in [-0.25, -0.2) is 4.79 Å². The highest BCUT2D eigenvalue weighted by Crippen LogP contribution is 2.40. The van der Waals surface area contributed by atoms with Gasteiger partial charge in [0.05, 0.1) is 6.61 Å². The molecule has 1 aromatic rings. The average molecular weight is 405 g/mol. The van der Waals surface area contributed by atoms with Gasteiger partial charge in [-0.15, -0.1) is 11.6 Å². The van der Waals surface area contributed by atoms with Gasteiger partial charge >= 0.3 is 6.03 Å². The fraction of sp³-hybridized carbons (Fsp3) is 0.591. The number of carbonyl (C=O) groups is 1. The second kappa shape index (κ2) is 8.44. The monoisotopic (exact) mass is 404 g/mol. The molecule has 3 aliphatic rings. The van der Waals surface area contributed by atoms with E-state index < -0.39 is 18.0 Å². The molecule has 28 heavy (non-hydrogen) atoms. The molecule has 5 nitrogen and oxygen atoms in total. The van der Waals surface area contributed by atoms with Gasteiger partial charge in [0.1, 0.15) is 5.72 Å². The van der Waals surface area contributed by atoms with Gasteiger partial charge in [0.25, 0.3) is 0 Å². The molecule has 0 aromatic heterocycles. The second-order valence-electron chi connectivity index (χ2n) is 8.23. The van der Waals surface area contributed by atoms with E-state index in [0.717, 1.165) is 51.4 Å². The van der Waals surface area contributed by atoms with Crippen molar-refractivity contribution >= 4 is 17.6 Å². The van der Waals surface area contributed by atoms with E-state index in [2.05, 4.69) is 29.6 Å². The predicted molar refractivity (Wildman–Crippen MR) is 109 cm³/mol. The van der Waals surface area contributed by atoms with Crippen LogP contribution in [0.4, 0.5) is 4.79 Å². The summed E-state index contributed by atoms with van der Waals surface area (Å²) in [5.74, 6) is 1.25. The molecule has 4 rings (SSSR count). The van der Waals surface area contributed by atoms with Crippen LogP contribution < -0.4 is 11.1 Å². The molecule has 0 saturated heterocycles. The minimum absolute atomic E-state index is 0.423. The Labute approximate surface area is 171 Å². The quantitative estimate of drug-likeness (QED) is 0.442. The number of amides is 2. The molecule has 0 radical (unpaired) electrons. The molecule has 6 heteroatoms. The molecule has 2 aliphatic carbocycles. The van der Waals surface area contributed by atoms with Gasteiger partial charge in [-0.05, 0) is 74.0 Å². The third kappa shape index (κ3) is 4.22. The summed E-state index contributed by atoms with van der Waals surface area (Å²) >= 11 is 5.92. The number of carbonyl (C=O) groups excluding carboxylic acids is 1. The third-order valence-corrected chi connectivity index (χ3v) is 6.65. The highest BCUT2D eigenvalue weighted by atomic mass is 35.5. The molecule has 3 N–H and O–H groups in total. The van der Waals surface area contributed by atoms with Crippen molar-refractivity contribution in [2.45, 2.75) is 63.4 Å². The Morgan fingerprint density at radius 1 is 1.25 bits per heavy atom. The van der Waals surface area contributed by atoms with Gasteiger partial charge in [-0.2, -0.15) is 0 Å². The van der Waals surface area contributed by atoms with E-state index in [0.29, 0.717) is 18.4 Å². The lowest BCUT2D eigenvalue weighted by atomic mass is 9.81. The predicted octanol–water partition coefficient (Wildman–Crippen LogP) is 4.03. The summed E-state index contributed by atoms with van der Waals surface area (Å²) in [6.07, 6.45) is 6.72. The fourth-order valence-corrected chi connectivity index (χ4v) is 5.17. The highest BCUT2D eigenvalue weighted by molar-refractivity contribution is 6.17. The lowest BCUT2D eigenvalue weighted by molar-refractivity contribution is -0.217. The van der Waals surface area contributed by atoms with Crippen LogP contribution in [0.5, 0.6) is 0 Å². The Bertz CT molecular complexity index is 756. The van der Waals surface area contributed by atoms with Crippen LogP contribution >= 0.6 is 11.6 Å². The van der Waals surface area contributed by atoms with Crippen LogP contribution in [0, 0.1) is 5.92 Å². The zero-order valence-electron chi connectivity index (χ0n) is 16.2. The van der Waals surface area contributed by atoms with E-state index in [4.69, 9.17) is 26.8 Å². The van der Waals surface area contributed by atoms with Crippen LogP contribution in [0.1, 0.15) is 49.7 Å². The lowest BCUT2D eigenvalue weighted by Gasteiger charge is -2.44. The highest BCUT2D eigenvalue weighted by Gasteiger charge is 2.41. The molecule has 2 amide bonds. The molecule has 1 fully saturated rings. The molecule has 0 spiro atoms. The van der Waals surface area contributed by atoms with Gasteiger partial charge in [0.15, 0.2) is 6.29 Å². The molecular formula is C22H29ClN2O3. The average Bonchev–Trinajstić information content (AvgIpc) is 2.68. The lowest BCUT2D eigenvalue weighted by Crippen LogP contribution is -2.56. The second-order valence-corrected chi connectivity index (χ2v) is 8.60. The maximum atomic E-state index is 11.7. The number of alkyl halides is 1. The van der Waals surface area contributed by atoms with Crippen LogP contribution in [0.3, 0.4) is 0 Å². The van der Waals surface area contributed by atoms with Crippen molar-refractivity contribution in [3.8, 4) is 0 Å². The van der Waals surface area contributed by atoms with Crippen LogP contribution in [-0.4, -0.2) is 30.5 Å². The molecule has 1 aliphatic heterocycles. The zero-order chi connectivity index (χ0) is 19.6. The number of fused-ring (bicyclic) bond motifs is 1. The standard InChI is InChI=1S/C22H29ClN2O3/c23-11-7-15-5-9-22(10-6-15,25-21(24)26)28-20-19-14-17-4-2-1-3-16(17)13-18(19)8-12-27-20/h1-4,15,20H,5-14H2,(H3,24,25,26). The van der Waals surface area contributed by atoms with E-state index in [-0.39, 0.29) is 0 Å².